The summed E-state index contributed by atoms with van der Waals surface area (Å²) in [6, 6.07) is 0. The Morgan fingerprint density at radius 1 is 0.846 bits per heavy atom. The molecule has 0 spiro atoms. The number of carbonyl (C=O) groups excluding carboxylic acids is 1. The van der Waals surface area contributed by atoms with E-state index in [-0.39, 0.29) is 5.41 Å². The largest absolute Gasteiger partial charge is 0.299 e. The molecule has 4 unspecified atom stereocenters. The Bertz CT molecular complexity index is 924. The van der Waals surface area contributed by atoms with Crippen molar-refractivity contribution in [3.8, 4) is 11.8 Å². The molecule has 0 amide bonds. The van der Waals surface area contributed by atoms with E-state index in [1.54, 1.807) is 5.57 Å². The Hall–Kier alpha value is -0.880. The molecular weight excluding hydrogens is 496 g/mol. The fourth-order valence-electron chi connectivity index (χ4n) is 9.07. The van der Waals surface area contributed by atoms with Crippen molar-refractivity contribution in [1.82, 2.24) is 0 Å². The highest BCUT2D eigenvalue weighted by Gasteiger charge is 2.58. The highest BCUT2D eigenvalue weighted by molar-refractivity contribution is 7.85. The second-order valence-corrected chi connectivity index (χ2v) is 15.7. The first kappa shape index (κ1) is 31.1. The van der Waals surface area contributed by atoms with Crippen LogP contribution in [0.25, 0.3) is 0 Å². The first-order chi connectivity index (χ1) is 18.9. The van der Waals surface area contributed by atoms with E-state index in [4.69, 9.17) is 0 Å². The Kier molecular flexibility index (Phi) is 11.8. The average Bonchev–Trinajstić information content (AvgIpc) is 3.23. The Morgan fingerprint density at radius 2 is 1.49 bits per heavy atom. The van der Waals surface area contributed by atoms with Crippen molar-refractivity contribution in [1.29, 1.82) is 0 Å². The average molecular weight is 555 g/mol. The molecule has 0 aromatic heterocycles. The van der Waals surface area contributed by atoms with Crippen LogP contribution in [0.2, 0.25) is 0 Å². The third-order valence-electron chi connectivity index (χ3n) is 11.6. The molecule has 0 aromatic carbocycles. The van der Waals surface area contributed by atoms with E-state index in [1.165, 1.54) is 96.3 Å². The molecular formula is C36H58O2S. The molecule has 3 saturated carbocycles. The summed E-state index contributed by atoms with van der Waals surface area (Å²) >= 11 is 0. The molecule has 0 aliphatic heterocycles. The lowest BCUT2D eigenvalue weighted by Crippen LogP contribution is -2.50. The number of unbranched alkanes of at least 4 members (excludes halogenated alkanes) is 11. The zero-order valence-corrected chi connectivity index (χ0v) is 26.5. The summed E-state index contributed by atoms with van der Waals surface area (Å²) in [6.07, 6.45) is 27.6. The van der Waals surface area contributed by atoms with E-state index in [1.807, 2.05) is 0 Å². The SMILES string of the molecule is CCCCCCCCCCCCCC#CCS(=O)C[C@H]1CC[C@@]2(C)C(=CCC3C2CC[C@]2(C)C(=O)CCC32)C1. The Labute approximate surface area is 243 Å². The fourth-order valence-corrected chi connectivity index (χ4v) is 10.3. The van der Waals surface area contributed by atoms with Crippen LogP contribution in [0.4, 0.5) is 0 Å². The Balaban J connectivity index is 1.11. The van der Waals surface area contributed by atoms with Gasteiger partial charge in [-0.05, 0) is 80.5 Å². The van der Waals surface area contributed by atoms with Gasteiger partial charge in [-0.3, -0.25) is 9.00 Å². The van der Waals surface area contributed by atoms with Crippen molar-refractivity contribution in [2.24, 2.45) is 34.5 Å². The lowest BCUT2D eigenvalue weighted by atomic mass is 9.47. The quantitative estimate of drug-likeness (QED) is 0.122. The van der Waals surface area contributed by atoms with Gasteiger partial charge < -0.3 is 0 Å². The molecule has 0 N–H and O–H groups in total. The van der Waals surface area contributed by atoms with Crippen LogP contribution in [0.15, 0.2) is 11.6 Å². The van der Waals surface area contributed by atoms with Gasteiger partial charge in [0, 0.05) is 34.8 Å². The normalized spacial score (nSPS) is 34.3. The fraction of sp³-hybridized carbons (Fsp3) is 0.861. The number of ketones is 1. The molecule has 3 fully saturated rings. The predicted molar refractivity (Wildman–Crippen MR) is 167 cm³/mol. The van der Waals surface area contributed by atoms with Gasteiger partial charge >= 0.3 is 0 Å². The number of carbonyl (C=O) groups is 1. The van der Waals surface area contributed by atoms with Crippen LogP contribution in [0.5, 0.6) is 0 Å². The topological polar surface area (TPSA) is 34.1 Å². The van der Waals surface area contributed by atoms with Gasteiger partial charge in [-0.2, -0.15) is 0 Å². The van der Waals surface area contributed by atoms with Gasteiger partial charge in [-0.15, -0.1) is 5.92 Å². The number of hydrogen-bond acceptors (Lipinski definition) is 2. The molecule has 0 aromatic rings. The van der Waals surface area contributed by atoms with E-state index in [0.717, 1.165) is 43.8 Å². The van der Waals surface area contributed by atoms with Gasteiger partial charge in [0.25, 0.3) is 0 Å². The third-order valence-corrected chi connectivity index (χ3v) is 12.9. The van der Waals surface area contributed by atoms with E-state index in [2.05, 4.69) is 38.7 Å². The van der Waals surface area contributed by atoms with E-state index < -0.39 is 10.8 Å². The van der Waals surface area contributed by atoms with E-state index >= 15 is 0 Å². The van der Waals surface area contributed by atoms with Crippen molar-refractivity contribution in [3.05, 3.63) is 11.6 Å². The number of rotatable bonds is 14. The number of fused-ring (bicyclic) bond motifs is 5. The molecule has 39 heavy (non-hydrogen) atoms. The number of allylic oxidation sites excluding steroid dienone is 2. The summed E-state index contributed by atoms with van der Waals surface area (Å²) in [5.74, 6) is 11.1. The minimum absolute atomic E-state index is 0.0365. The van der Waals surface area contributed by atoms with E-state index in [9.17, 15) is 9.00 Å². The lowest BCUT2D eigenvalue weighted by Gasteiger charge is -2.57. The summed E-state index contributed by atoms with van der Waals surface area (Å²) < 4.78 is 12.8. The number of Topliss-reactive ketones (excluding diaryl/α,β-unsaturated/α-hetero) is 1. The van der Waals surface area contributed by atoms with Crippen LogP contribution >= 0.6 is 0 Å². The molecule has 0 saturated heterocycles. The van der Waals surface area contributed by atoms with Crippen molar-refractivity contribution >= 4 is 16.6 Å². The molecule has 2 nitrogen and oxygen atoms in total. The minimum Gasteiger partial charge on any atom is -0.299 e. The Morgan fingerprint density at radius 3 is 2.21 bits per heavy atom. The third kappa shape index (κ3) is 7.70. The molecule has 0 heterocycles. The smallest absolute Gasteiger partial charge is 0.139 e. The first-order valence-corrected chi connectivity index (χ1v) is 18.4. The standard InChI is InChI=1S/C36H58O2S/c1-4-5-6-7-8-9-10-11-12-13-14-15-16-17-26-39(38)28-29-22-24-35(2)30(27-29)18-19-31-32-20-21-34(37)36(32,3)25-23-33(31)35/h18,29,31-33H,4-15,19-28H2,1-3H3/t29-,31?,32?,33?,35-,36-,39?/m0/s1. The monoisotopic (exact) mass is 554 g/mol. The summed E-state index contributed by atoms with van der Waals surface area (Å²) in [6.45, 7) is 7.09. The maximum atomic E-state index is 12.8. The maximum absolute atomic E-state index is 12.8. The zero-order chi connectivity index (χ0) is 27.7. The van der Waals surface area contributed by atoms with Crippen molar-refractivity contribution in [2.45, 2.75) is 149 Å². The van der Waals surface area contributed by atoms with E-state index in [0.29, 0.717) is 34.7 Å². The van der Waals surface area contributed by atoms with Gasteiger partial charge in [-0.25, -0.2) is 0 Å². The van der Waals surface area contributed by atoms with Crippen molar-refractivity contribution in [2.75, 3.05) is 11.5 Å². The van der Waals surface area contributed by atoms with Crippen molar-refractivity contribution < 1.29 is 9.00 Å². The molecule has 4 aliphatic carbocycles. The lowest BCUT2D eigenvalue weighted by molar-refractivity contribution is -0.131. The van der Waals surface area contributed by atoms with Gasteiger partial charge in [0.05, 0.1) is 5.75 Å². The maximum Gasteiger partial charge on any atom is 0.139 e. The molecule has 220 valence electrons. The van der Waals surface area contributed by atoms with Crippen LogP contribution in [0.1, 0.15) is 149 Å². The molecule has 4 aliphatic rings. The van der Waals surface area contributed by atoms with Crippen LogP contribution in [0.3, 0.4) is 0 Å². The highest BCUT2D eigenvalue weighted by atomic mass is 32.2. The van der Waals surface area contributed by atoms with Crippen LogP contribution in [-0.4, -0.2) is 21.5 Å². The zero-order valence-electron chi connectivity index (χ0n) is 25.7. The van der Waals surface area contributed by atoms with Gasteiger partial charge in [0.1, 0.15) is 5.78 Å². The van der Waals surface area contributed by atoms with Crippen molar-refractivity contribution in [3.63, 3.8) is 0 Å². The second-order valence-electron chi connectivity index (χ2n) is 14.2. The van der Waals surface area contributed by atoms with Gasteiger partial charge in [-0.1, -0.05) is 103 Å². The van der Waals surface area contributed by atoms with Crippen LogP contribution in [0, 0.1) is 46.3 Å². The minimum atomic E-state index is -0.819. The number of hydrogen-bond donors (Lipinski definition) is 0. The van der Waals surface area contributed by atoms with Crippen LogP contribution in [-0.2, 0) is 15.6 Å². The highest BCUT2D eigenvalue weighted by Crippen LogP contribution is 2.64. The molecule has 0 radical (unpaired) electrons. The summed E-state index contributed by atoms with van der Waals surface area (Å²) in [4.78, 5) is 12.7. The van der Waals surface area contributed by atoms with Gasteiger partial charge in [0.15, 0.2) is 0 Å². The molecule has 3 heteroatoms. The van der Waals surface area contributed by atoms with Gasteiger partial charge in [0.2, 0.25) is 0 Å². The summed E-state index contributed by atoms with van der Waals surface area (Å²) in [5.41, 5.74) is 1.93. The molecule has 7 atom stereocenters. The molecule has 4 rings (SSSR count). The molecule has 0 bridgehead atoms. The summed E-state index contributed by atoms with van der Waals surface area (Å²) in [7, 11) is -0.819. The predicted octanol–water partition coefficient (Wildman–Crippen LogP) is 9.59. The summed E-state index contributed by atoms with van der Waals surface area (Å²) in [5, 5.41) is 0. The first-order valence-electron chi connectivity index (χ1n) is 16.9. The second kappa shape index (κ2) is 14.8. The van der Waals surface area contributed by atoms with Crippen LogP contribution < -0.4 is 0 Å².